The van der Waals surface area contributed by atoms with Crippen LogP contribution >= 0.6 is 0 Å². The molecule has 1 aromatic carbocycles. The Morgan fingerprint density at radius 1 is 0.788 bits per heavy atom. The van der Waals surface area contributed by atoms with Crippen LogP contribution in [0.2, 0.25) is 0 Å². The van der Waals surface area contributed by atoms with E-state index >= 15 is 0 Å². The maximum absolute atomic E-state index is 3.36. The van der Waals surface area contributed by atoms with Crippen LogP contribution in [0.3, 0.4) is 0 Å². The lowest BCUT2D eigenvalue weighted by Crippen LogP contribution is -2.17. The lowest BCUT2D eigenvalue weighted by Gasteiger charge is -2.30. The standard InChI is InChI=1S/C16H32.C7H8.2C3H6.2C2H6/c1-4-7-8-15-9-11-16(12-10-15)13-14(5-2)6-3;1-7-5-3-2-4-6-7;2*1-3-2;2*1-2/h14-16H,4-13H2,1-3H3;2-6H,1H3;2*3H,1H2,2H3;2*1-2H3. The van der Waals surface area contributed by atoms with E-state index in [9.17, 15) is 0 Å². The van der Waals surface area contributed by atoms with Gasteiger partial charge in [0.15, 0.2) is 0 Å². The van der Waals surface area contributed by atoms with Gasteiger partial charge in [0, 0.05) is 0 Å². The number of allylic oxidation sites excluding steroid dienone is 2. The third kappa shape index (κ3) is 30.7. The number of hydrogen-bond acceptors (Lipinski definition) is 0. The van der Waals surface area contributed by atoms with Crippen LogP contribution in [0.1, 0.15) is 132 Å². The Labute approximate surface area is 212 Å². The van der Waals surface area contributed by atoms with Crippen molar-refractivity contribution >= 4 is 0 Å². The van der Waals surface area contributed by atoms with Crippen molar-refractivity contribution in [1.82, 2.24) is 0 Å². The molecule has 1 aromatic rings. The summed E-state index contributed by atoms with van der Waals surface area (Å²) in [6.45, 7) is 27.6. The Balaban J connectivity index is -0.000000204. The molecule has 0 atom stereocenters. The van der Waals surface area contributed by atoms with Crippen LogP contribution in [0.15, 0.2) is 55.6 Å². The van der Waals surface area contributed by atoms with E-state index < -0.39 is 0 Å². The van der Waals surface area contributed by atoms with Gasteiger partial charge >= 0.3 is 0 Å². The zero-order valence-corrected chi connectivity index (χ0v) is 24.8. The fraction of sp³-hybridized carbons (Fsp3) is 0.697. The van der Waals surface area contributed by atoms with Gasteiger partial charge in [-0.25, -0.2) is 0 Å². The molecular weight excluding hydrogens is 396 g/mol. The van der Waals surface area contributed by atoms with E-state index in [1.807, 2.05) is 59.7 Å². The molecule has 0 heteroatoms. The molecule has 0 heterocycles. The molecule has 0 aromatic heterocycles. The zero-order chi connectivity index (χ0) is 26.3. The van der Waals surface area contributed by atoms with Gasteiger partial charge in [-0.1, -0.05) is 154 Å². The number of aryl methyl sites for hydroxylation is 1. The Hall–Kier alpha value is -1.30. The van der Waals surface area contributed by atoms with E-state index in [4.69, 9.17) is 0 Å². The van der Waals surface area contributed by atoms with Gasteiger partial charge in [-0.15, -0.1) is 13.2 Å². The summed E-state index contributed by atoms with van der Waals surface area (Å²) in [4.78, 5) is 0. The summed E-state index contributed by atoms with van der Waals surface area (Å²) in [7, 11) is 0. The van der Waals surface area contributed by atoms with E-state index in [0.717, 1.165) is 17.8 Å². The maximum Gasteiger partial charge on any atom is -0.0398 e. The smallest absolute Gasteiger partial charge is 0.0398 e. The van der Waals surface area contributed by atoms with E-state index in [2.05, 4.69) is 53.0 Å². The summed E-state index contributed by atoms with van der Waals surface area (Å²) in [5.41, 5.74) is 1.32. The first-order valence-corrected chi connectivity index (χ1v) is 14.2. The molecule has 1 aliphatic carbocycles. The molecule has 0 spiro atoms. The van der Waals surface area contributed by atoms with Crippen molar-refractivity contribution in [3.63, 3.8) is 0 Å². The fourth-order valence-electron chi connectivity index (χ4n) is 3.88. The van der Waals surface area contributed by atoms with Crippen LogP contribution in [-0.4, -0.2) is 0 Å². The normalized spacial score (nSPS) is 15.7. The largest absolute Gasteiger partial charge is 0.103 e. The van der Waals surface area contributed by atoms with Gasteiger partial charge in [0.25, 0.3) is 0 Å². The molecular formula is C33H64. The van der Waals surface area contributed by atoms with Crippen molar-refractivity contribution in [3.05, 3.63) is 61.2 Å². The van der Waals surface area contributed by atoms with E-state index in [1.54, 1.807) is 12.2 Å². The second-order valence-corrected chi connectivity index (χ2v) is 8.42. The summed E-state index contributed by atoms with van der Waals surface area (Å²) in [6.07, 6.45) is 18.3. The van der Waals surface area contributed by atoms with Crippen molar-refractivity contribution in [1.29, 1.82) is 0 Å². The molecule has 0 N–H and O–H groups in total. The Morgan fingerprint density at radius 2 is 1.18 bits per heavy atom. The summed E-state index contributed by atoms with van der Waals surface area (Å²) in [5, 5.41) is 0. The van der Waals surface area contributed by atoms with E-state index in [0.29, 0.717) is 0 Å². The molecule has 1 aliphatic rings. The van der Waals surface area contributed by atoms with E-state index in [1.165, 1.54) is 69.8 Å². The number of rotatable bonds is 7. The predicted molar refractivity (Wildman–Crippen MR) is 159 cm³/mol. The van der Waals surface area contributed by atoms with Crippen molar-refractivity contribution < 1.29 is 0 Å². The van der Waals surface area contributed by atoms with Crippen LogP contribution in [0.4, 0.5) is 0 Å². The summed E-state index contributed by atoms with van der Waals surface area (Å²) in [5.74, 6) is 3.16. The van der Waals surface area contributed by atoms with Gasteiger partial charge in [0.05, 0.1) is 0 Å². The molecule has 0 bridgehead atoms. The third-order valence-electron chi connectivity index (χ3n) is 5.69. The third-order valence-corrected chi connectivity index (χ3v) is 5.69. The maximum atomic E-state index is 3.36. The van der Waals surface area contributed by atoms with Crippen molar-refractivity contribution in [2.45, 2.75) is 133 Å². The lowest BCUT2D eigenvalue weighted by atomic mass is 9.76. The average Bonchev–Trinajstić information content (AvgIpc) is 2.86. The number of unbranched alkanes of at least 4 members (excludes halogenated alkanes) is 1. The summed E-state index contributed by atoms with van der Waals surface area (Å²) >= 11 is 0. The predicted octanol–water partition coefficient (Wildman–Crippen LogP) is 12.2. The highest BCUT2D eigenvalue weighted by Crippen LogP contribution is 2.36. The first kappa shape index (κ1) is 38.9. The van der Waals surface area contributed by atoms with Crippen LogP contribution in [0, 0.1) is 24.7 Å². The molecule has 0 amide bonds. The van der Waals surface area contributed by atoms with Gasteiger partial charge in [-0.3, -0.25) is 0 Å². The molecule has 2 rings (SSSR count). The van der Waals surface area contributed by atoms with Crippen LogP contribution in [0.5, 0.6) is 0 Å². The molecule has 0 radical (unpaired) electrons. The number of hydrogen-bond donors (Lipinski definition) is 0. The topological polar surface area (TPSA) is 0 Å². The minimum Gasteiger partial charge on any atom is -0.103 e. The lowest BCUT2D eigenvalue weighted by molar-refractivity contribution is 0.221. The monoisotopic (exact) mass is 461 g/mol. The molecule has 0 saturated heterocycles. The highest BCUT2D eigenvalue weighted by molar-refractivity contribution is 5.11. The molecule has 0 unspecified atom stereocenters. The first-order valence-electron chi connectivity index (χ1n) is 14.2. The Bertz CT molecular complexity index is 426. The minimum absolute atomic E-state index is 1.01. The van der Waals surface area contributed by atoms with Crippen molar-refractivity contribution in [3.8, 4) is 0 Å². The molecule has 1 fully saturated rings. The van der Waals surface area contributed by atoms with Gasteiger partial charge in [-0.2, -0.15) is 0 Å². The average molecular weight is 461 g/mol. The van der Waals surface area contributed by atoms with Crippen LogP contribution in [-0.2, 0) is 0 Å². The van der Waals surface area contributed by atoms with Crippen LogP contribution in [0.25, 0.3) is 0 Å². The quantitative estimate of drug-likeness (QED) is 0.355. The molecule has 1 saturated carbocycles. The van der Waals surface area contributed by atoms with Gasteiger partial charge in [0.1, 0.15) is 0 Å². The number of benzene rings is 1. The van der Waals surface area contributed by atoms with Crippen LogP contribution < -0.4 is 0 Å². The van der Waals surface area contributed by atoms with Gasteiger partial charge in [-0.05, 0) is 44.9 Å². The SMILES string of the molecule is C=CC.C=CC.CC.CC.CCCCC1CCC(CC(CC)CC)CC1.Cc1ccccc1. The minimum atomic E-state index is 1.01. The summed E-state index contributed by atoms with van der Waals surface area (Å²) in [6, 6.07) is 10.3. The molecule has 33 heavy (non-hydrogen) atoms. The van der Waals surface area contributed by atoms with E-state index in [-0.39, 0.29) is 0 Å². The highest BCUT2D eigenvalue weighted by Gasteiger charge is 2.22. The highest BCUT2D eigenvalue weighted by atomic mass is 14.3. The van der Waals surface area contributed by atoms with Crippen molar-refractivity contribution in [2.75, 3.05) is 0 Å². The molecule has 0 nitrogen and oxygen atoms in total. The second kappa shape index (κ2) is 35.3. The van der Waals surface area contributed by atoms with Gasteiger partial charge < -0.3 is 0 Å². The second-order valence-electron chi connectivity index (χ2n) is 8.42. The Morgan fingerprint density at radius 3 is 1.48 bits per heavy atom. The first-order chi connectivity index (χ1) is 16.0. The zero-order valence-electron chi connectivity index (χ0n) is 24.8. The van der Waals surface area contributed by atoms with Crippen molar-refractivity contribution in [2.24, 2.45) is 17.8 Å². The molecule has 196 valence electrons. The summed E-state index contributed by atoms with van der Waals surface area (Å²) < 4.78 is 0. The fourth-order valence-corrected chi connectivity index (χ4v) is 3.88. The van der Waals surface area contributed by atoms with Gasteiger partial charge in [0.2, 0.25) is 0 Å². The Kier molecular flexibility index (Phi) is 41.6. The molecule has 0 aliphatic heterocycles.